The van der Waals surface area contributed by atoms with E-state index in [2.05, 4.69) is 0 Å². The Labute approximate surface area is 218 Å². The molecule has 0 aliphatic carbocycles. The molecule has 2 heterocycles. The molecule has 0 unspecified atom stereocenters. The van der Waals surface area contributed by atoms with Gasteiger partial charge < -0.3 is 15.5 Å². The number of likely N-dealkylation sites (tertiary alicyclic amines) is 1. The molecule has 1 aromatic heterocycles. The van der Waals surface area contributed by atoms with Crippen LogP contribution in [0.5, 0.6) is 0 Å². The number of amides is 2. The molecule has 2 atom stereocenters. The number of aromatic nitrogens is 1. The predicted molar refractivity (Wildman–Crippen MR) is 138 cm³/mol. The van der Waals surface area contributed by atoms with E-state index in [-0.39, 0.29) is 55.1 Å². The average molecular weight is 531 g/mol. The Bertz CT molecular complexity index is 1360. The fourth-order valence-corrected chi connectivity index (χ4v) is 5.37. The van der Waals surface area contributed by atoms with Gasteiger partial charge in [0.2, 0.25) is 5.91 Å². The minimum Gasteiger partial charge on any atom is -0.351 e. The summed E-state index contributed by atoms with van der Waals surface area (Å²) in [5, 5.41) is 0.638. The van der Waals surface area contributed by atoms with Crippen LogP contribution >= 0.6 is 11.6 Å². The van der Waals surface area contributed by atoms with Gasteiger partial charge in [-0.15, -0.1) is 0 Å². The lowest BCUT2D eigenvalue weighted by Gasteiger charge is -2.25. The number of fused-ring (bicyclic) bond motifs is 1. The SMILES string of the molecule is CN(C)C[C@@]1(F)C[C@@H](C(=O)CCc2cccc(Cl)c2F)N(C(=O)Cc2cn(C(N)=O)c3ccccc23)C1. The molecule has 0 spiro atoms. The summed E-state index contributed by atoms with van der Waals surface area (Å²) < 4.78 is 31.4. The van der Waals surface area contributed by atoms with Crippen LogP contribution in [0.15, 0.2) is 48.7 Å². The van der Waals surface area contributed by atoms with Crippen LogP contribution in [0.1, 0.15) is 24.0 Å². The maximum atomic E-state index is 15.8. The van der Waals surface area contributed by atoms with Crippen molar-refractivity contribution in [3.8, 4) is 0 Å². The number of nitrogens with zero attached hydrogens (tertiary/aromatic N) is 3. The van der Waals surface area contributed by atoms with Crippen molar-refractivity contribution < 1.29 is 23.2 Å². The number of halogens is 3. The van der Waals surface area contributed by atoms with E-state index in [9.17, 15) is 18.8 Å². The van der Waals surface area contributed by atoms with Crippen molar-refractivity contribution in [1.82, 2.24) is 14.4 Å². The molecule has 7 nitrogen and oxygen atoms in total. The topological polar surface area (TPSA) is 88.6 Å². The Kier molecular flexibility index (Phi) is 7.66. The van der Waals surface area contributed by atoms with E-state index in [1.165, 1.54) is 21.7 Å². The number of rotatable bonds is 8. The van der Waals surface area contributed by atoms with Gasteiger partial charge in [-0.1, -0.05) is 41.9 Å². The van der Waals surface area contributed by atoms with E-state index < -0.39 is 29.5 Å². The first-order chi connectivity index (χ1) is 17.5. The van der Waals surface area contributed by atoms with E-state index in [0.717, 1.165) is 0 Å². The summed E-state index contributed by atoms with van der Waals surface area (Å²) in [6, 6.07) is 9.93. The normalized spacial score (nSPS) is 19.6. The number of ketones is 1. The highest BCUT2D eigenvalue weighted by molar-refractivity contribution is 6.30. The molecule has 2 N–H and O–H groups in total. The highest BCUT2D eigenvalue weighted by Gasteiger charge is 2.49. The Hall–Kier alpha value is -3.30. The summed E-state index contributed by atoms with van der Waals surface area (Å²) >= 11 is 5.85. The number of Topliss-reactive ketones (excluding diaryl/α,β-unsaturated/α-hetero) is 1. The van der Waals surface area contributed by atoms with Crippen LogP contribution in [0.3, 0.4) is 0 Å². The first-order valence-electron chi connectivity index (χ1n) is 12.0. The zero-order valence-corrected chi connectivity index (χ0v) is 21.5. The maximum absolute atomic E-state index is 15.8. The van der Waals surface area contributed by atoms with Crippen LogP contribution < -0.4 is 5.73 Å². The molecule has 0 bridgehead atoms. The Balaban J connectivity index is 1.58. The fourth-order valence-electron chi connectivity index (χ4n) is 5.17. The minimum atomic E-state index is -1.78. The third-order valence-electron chi connectivity index (χ3n) is 6.73. The van der Waals surface area contributed by atoms with E-state index in [0.29, 0.717) is 16.5 Å². The molecule has 3 aromatic rings. The molecule has 10 heteroatoms. The van der Waals surface area contributed by atoms with Gasteiger partial charge in [0.05, 0.1) is 29.5 Å². The number of hydrogen-bond donors (Lipinski definition) is 1. The zero-order valence-electron chi connectivity index (χ0n) is 20.7. The molecule has 4 rings (SSSR count). The molecule has 1 aliphatic heterocycles. The standard InChI is InChI=1S/C27H29ClF2N4O3/c1-32(2)15-27(30)13-22(23(35)11-10-17-6-5-8-20(28)25(17)29)34(16-27)24(36)12-18-14-33(26(31)37)21-9-4-3-7-19(18)21/h3-9,14,22H,10-13,15-16H2,1-2H3,(H2,31,37)/t22-,27-/m0/s1. The van der Waals surface area contributed by atoms with Crippen LogP contribution in [0.25, 0.3) is 10.9 Å². The van der Waals surface area contributed by atoms with Crippen molar-refractivity contribution in [2.24, 2.45) is 5.73 Å². The van der Waals surface area contributed by atoms with Crippen molar-refractivity contribution in [3.05, 3.63) is 70.6 Å². The monoisotopic (exact) mass is 530 g/mol. The molecular formula is C27H29ClF2N4O3. The number of carbonyl (C=O) groups is 3. The van der Waals surface area contributed by atoms with Crippen LogP contribution in [-0.4, -0.2) is 71.0 Å². The number of para-hydroxylation sites is 1. The van der Waals surface area contributed by atoms with Crippen molar-refractivity contribution in [2.75, 3.05) is 27.2 Å². The molecular weight excluding hydrogens is 502 g/mol. The average Bonchev–Trinajstić information content (AvgIpc) is 3.38. The number of benzene rings is 2. The Morgan fingerprint density at radius 2 is 1.86 bits per heavy atom. The fraction of sp³-hybridized carbons (Fsp3) is 0.370. The molecule has 0 radical (unpaired) electrons. The van der Waals surface area contributed by atoms with Gasteiger partial charge >= 0.3 is 6.03 Å². The lowest BCUT2D eigenvalue weighted by molar-refractivity contribution is -0.137. The molecule has 2 amide bonds. The van der Waals surface area contributed by atoms with Gasteiger partial charge in [-0.25, -0.2) is 13.6 Å². The van der Waals surface area contributed by atoms with Crippen molar-refractivity contribution in [3.63, 3.8) is 0 Å². The second kappa shape index (κ2) is 10.6. The molecule has 1 saturated heterocycles. The van der Waals surface area contributed by atoms with Crippen LogP contribution in [-0.2, 0) is 22.4 Å². The highest BCUT2D eigenvalue weighted by Crippen LogP contribution is 2.34. The van der Waals surface area contributed by atoms with Crippen LogP contribution in [0, 0.1) is 5.82 Å². The molecule has 2 aromatic carbocycles. The van der Waals surface area contributed by atoms with Gasteiger partial charge in [0, 0.05) is 31.0 Å². The van der Waals surface area contributed by atoms with Crippen molar-refractivity contribution in [2.45, 2.75) is 37.4 Å². The number of hydrogen-bond acceptors (Lipinski definition) is 4. The third kappa shape index (κ3) is 5.67. The Morgan fingerprint density at radius 3 is 2.57 bits per heavy atom. The number of nitrogens with two attached hydrogens (primary N) is 1. The first-order valence-corrected chi connectivity index (χ1v) is 12.3. The van der Waals surface area contributed by atoms with Crippen LogP contribution in [0.2, 0.25) is 5.02 Å². The van der Waals surface area contributed by atoms with Crippen LogP contribution in [0.4, 0.5) is 13.6 Å². The van der Waals surface area contributed by atoms with Gasteiger partial charge in [0.15, 0.2) is 5.78 Å². The first kappa shape index (κ1) is 26.8. The predicted octanol–water partition coefficient (Wildman–Crippen LogP) is 3.98. The number of alkyl halides is 1. The van der Waals surface area contributed by atoms with E-state index in [1.54, 1.807) is 55.4 Å². The second-order valence-electron chi connectivity index (χ2n) is 9.87. The van der Waals surface area contributed by atoms with Gasteiger partial charge in [-0.3, -0.25) is 14.2 Å². The van der Waals surface area contributed by atoms with Crippen molar-refractivity contribution >= 4 is 40.2 Å². The van der Waals surface area contributed by atoms with Gasteiger partial charge in [0.1, 0.15) is 11.5 Å². The summed E-state index contributed by atoms with van der Waals surface area (Å²) in [7, 11) is 3.45. The molecule has 1 fully saturated rings. The minimum absolute atomic E-state index is 0.0356. The van der Waals surface area contributed by atoms with Gasteiger partial charge in [-0.2, -0.15) is 0 Å². The molecule has 196 valence electrons. The molecule has 1 aliphatic rings. The number of primary amides is 1. The maximum Gasteiger partial charge on any atom is 0.323 e. The smallest absolute Gasteiger partial charge is 0.323 e. The van der Waals surface area contributed by atoms with Gasteiger partial charge in [0.25, 0.3) is 0 Å². The largest absolute Gasteiger partial charge is 0.351 e. The summed E-state index contributed by atoms with van der Waals surface area (Å²) in [6.07, 6.45) is 1.25. The zero-order chi connectivity index (χ0) is 26.9. The highest BCUT2D eigenvalue weighted by atomic mass is 35.5. The summed E-state index contributed by atoms with van der Waals surface area (Å²) in [5.74, 6) is -1.36. The molecule has 0 saturated carbocycles. The Morgan fingerprint density at radius 1 is 1.14 bits per heavy atom. The number of carbonyl (C=O) groups excluding carboxylic acids is 3. The van der Waals surface area contributed by atoms with E-state index in [1.807, 2.05) is 0 Å². The van der Waals surface area contributed by atoms with E-state index in [4.69, 9.17) is 17.3 Å². The lowest BCUT2D eigenvalue weighted by atomic mass is 9.96. The van der Waals surface area contributed by atoms with Crippen molar-refractivity contribution in [1.29, 1.82) is 0 Å². The summed E-state index contributed by atoms with van der Waals surface area (Å²) in [4.78, 5) is 41.6. The lowest BCUT2D eigenvalue weighted by Crippen LogP contribution is -2.43. The quantitative estimate of drug-likeness (QED) is 0.477. The molecule has 37 heavy (non-hydrogen) atoms. The summed E-state index contributed by atoms with van der Waals surface area (Å²) in [5.41, 5.74) is 5.11. The number of aryl methyl sites for hydroxylation is 1. The third-order valence-corrected chi connectivity index (χ3v) is 7.02. The second-order valence-corrected chi connectivity index (χ2v) is 10.3. The van der Waals surface area contributed by atoms with E-state index >= 15 is 4.39 Å². The summed E-state index contributed by atoms with van der Waals surface area (Å²) in [6.45, 7) is -0.190. The van der Waals surface area contributed by atoms with Gasteiger partial charge in [-0.05, 0) is 43.8 Å².